The Labute approximate surface area is 124 Å². The van der Waals surface area contributed by atoms with Crippen LogP contribution in [0.15, 0.2) is 24.3 Å². The van der Waals surface area contributed by atoms with Gasteiger partial charge in [0.25, 0.3) is 0 Å². The van der Waals surface area contributed by atoms with E-state index >= 15 is 0 Å². The number of nitrogens with one attached hydrogen (secondary N) is 1. The first kappa shape index (κ1) is 17.0. The number of rotatable bonds is 9. The van der Waals surface area contributed by atoms with Gasteiger partial charge in [0.05, 0.1) is 6.10 Å². The Bertz CT molecular complexity index is 358. The fourth-order valence-electron chi connectivity index (χ4n) is 2.28. The molecule has 0 aliphatic rings. The van der Waals surface area contributed by atoms with Crippen LogP contribution in [0.5, 0.6) is 5.75 Å². The summed E-state index contributed by atoms with van der Waals surface area (Å²) in [5.74, 6) is 1.71. The zero-order chi connectivity index (χ0) is 15.0. The maximum Gasteiger partial charge on any atom is 0.119 e. The molecule has 2 atom stereocenters. The quantitative estimate of drug-likeness (QED) is 0.689. The highest BCUT2D eigenvalue weighted by Crippen LogP contribution is 2.25. The molecule has 2 unspecified atom stereocenters. The molecular weight excluding hydrogens is 246 g/mol. The molecule has 0 fully saturated rings. The Morgan fingerprint density at radius 3 is 2.20 bits per heavy atom. The zero-order valence-corrected chi connectivity index (χ0v) is 13.8. The monoisotopic (exact) mass is 277 g/mol. The molecule has 0 aromatic heterocycles. The van der Waals surface area contributed by atoms with Gasteiger partial charge in [-0.15, -0.1) is 0 Å². The third-order valence-electron chi connectivity index (χ3n) is 3.63. The van der Waals surface area contributed by atoms with E-state index in [4.69, 9.17) is 4.74 Å². The summed E-state index contributed by atoms with van der Waals surface area (Å²) < 4.78 is 5.71. The first-order valence-corrected chi connectivity index (χ1v) is 8.06. The Balaban J connectivity index is 2.73. The van der Waals surface area contributed by atoms with Crippen molar-refractivity contribution in [1.82, 2.24) is 5.32 Å². The van der Waals surface area contributed by atoms with E-state index in [1.807, 2.05) is 0 Å². The molecule has 0 saturated carbocycles. The van der Waals surface area contributed by atoms with Crippen LogP contribution >= 0.6 is 0 Å². The van der Waals surface area contributed by atoms with Gasteiger partial charge in [0, 0.05) is 6.04 Å². The lowest BCUT2D eigenvalue weighted by molar-refractivity contribution is 0.242. The highest BCUT2D eigenvalue weighted by atomic mass is 16.5. The lowest BCUT2D eigenvalue weighted by Crippen LogP contribution is -2.24. The zero-order valence-electron chi connectivity index (χ0n) is 13.8. The van der Waals surface area contributed by atoms with E-state index in [1.54, 1.807) is 0 Å². The molecule has 0 saturated heterocycles. The molecule has 0 amide bonds. The maximum absolute atomic E-state index is 5.71. The molecule has 0 bridgehead atoms. The largest absolute Gasteiger partial charge is 0.491 e. The maximum atomic E-state index is 5.71. The Kier molecular flexibility index (Phi) is 7.68. The normalized spacial score (nSPS) is 14.3. The second kappa shape index (κ2) is 9.02. The van der Waals surface area contributed by atoms with Crippen LogP contribution in [0, 0.1) is 5.92 Å². The standard InChI is InChI=1S/C18H31NO/c1-6-12-19-18(13-15(5)7-2)16-8-10-17(11-9-16)20-14(3)4/h8-11,14-15,18-19H,6-7,12-13H2,1-5H3. The predicted molar refractivity (Wildman–Crippen MR) is 87.3 cm³/mol. The van der Waals surface area contributed by atoms with Gasteiger partial charge in [-0.1, -0.05) is 39.3 Å². The third kappa shape index (κ3) is 5.96. The Morgan fingerprint density at radius 1 is 1.05 bits per heavy atom. The molecular formula is C18H31NO. The van der Waals surface area contributed by atoms with Crippen LogP contribution in [0.3, 0.4) is 0 Å². The molecule has 20 heavy (non-hydrogen) atoms. The van der Waals surface area contributed by atoms with E-state index in [2.05, 4.69) is 64.2 Å². The van der Waals surface area contributed by atoms with Gasteiger partial charge in [-0.05, 0) is 56.8 Å². The van der Waals surface area contributed by atoms with Gasteiger partial charge < -0.3 is 10.1 Å². The summed E-state index contributed by atoms with van der Waals surface area (Å²) in [6.45, 7) is 12.0. The van der Waals surface area contributed by atoms with Gasteiger partial charge in [0.1, 0.15) is 5.75 Å². The van der Waals surface area contributed by atoms with E-state index in [1.165, 1.54) is 24.8 Å². The average Bonchev–Trinajstić information content (AvgIpc) is 2.43. The summed E-state index contributed by atoms with van der Waals surface area (Å²) in [6, 6.07) is 9.04. The van der Waals surface area contributed by atoms with Crippen LogP contribution in [-0.4, -0.2) is 12.6 Å². The summed E-state index contributed by atoms with van der Waals surface area (Å²) >= 11 is 0. The number of benzene rings is 1. The number of hydrogen-bond acceptors (Lipinski definition) is 2. The molecule has 0 aliphatic heterocycles. The van der Waals surface area contributed by atoms with Crippen LogP contribution in [0.2, 0.25) is 0 Å². The fourth-order valence-corrected chi connectivity index (χ4v) is 2.28. The number of ether oxygens (including phenoxy) is 1. The van der Waals surface area contributed by atoms with Crippen molar-refractivity contribution in [2.24, 2.45) is 5.92 Å². The minimum Gasteiger partial charge on any atom is -0.491 e. The van der Waals surface area contributed by atoms with Crippen molar-refractivity contribution < 1.29 is 4.74 Å². The van der Waals surface area contributed by atoms with Crippen LogP contribution in [0.1, 0.15) is 65.5 Å². The van der Waals surface area contributed by atoms with Gasteiger partial charge in [0.2, 0.25) is 0 Å². The highest BCUT2D eigenvalue weighted by Gasteiger charge is 2.14. The lowest BCUT2D eigenvalue weighted by atomic mass is 9.94. The fraction of sp³-hybridized carbons (Fsp3) is 0.667. The van der Waals surface area contributed by atoms with Crippen molar-refractivity contribution in [3.8, 4) is 5.75 Å². The van der Waals surface area contributed by atoms with Crippen molar-refractivity contribution >= 4 is 0 Å². The van der Waals surface area contributed by atoms with Gasteiger partial charge in [-0.25, -0.2) is 0 Å². The van der Waals surface area contributed by atoms with Crippen molar-refractivity contribution in [2.75, 3.05) is 6.54 Å². The molecule has 1 aromatic rings. The summed E-state index contributed by atoms with van der Waals surface area (Å²) in [7, 11) is 0. The first-order valence-electron chi connectivity index (χ1n) is 8.06. The van der Waals surface area contributed by atoms with Gasteiger partial charge in [-0.3, -0.25) is 0 Å². The molecule has 1 N–H and O–H groups in total. The third-order valence-corrected chi connectivity index (χ3v) is 3.63. The molecule has 2 heteroatoms. The second-order valence-electron chi connectivity index (χ2n) is 5.99. The molecule has 2 nitrogen and oxygen atoms in total. The van der Waals surface area contributed by atoms with E-state index in [0.29, 0.717) is 6.04 Å². The smallest absolute Gasteiger partial charge is 0.119 e. The van der Waals surface area contributed by atoms with Gasteiger partial charge in [0.15, 0.2) is 0 Å². The average molecular weight is 277 g/mol. The van der Waals surface area contributed by atoms with Crippen LogP contribution in [0.25, 0.3) is 0 Å². The topological polar surface area (TPSA) is 21.3 Å². The van der Waals surface area contributed by atoms with Gasteiger partial charge in [-0.2, -0.15) is 0 Å². The first-order chi connectivity index (χ1) is 9.56. The van der Waals surface area contributed by atoms with Crippen molar-refractivity contribution in [3.63, 3.8) is 0 Å². The van der Waals surface area contributed by atoms with Crippen LogP contribution < -0.4 is 10.1 Å². The second-order valence-corrected chi connectivity index (χ2v) is 5.99. The van der Waals surface area contributed by atoms with E-state index in [9.17, 15) is 0 Å². The summed E-state index contributed by atoms with van der Waals surface area (Å²) in [5, 5.41) is 3.67. The minimum atomic E-state index is 0.231. The Morgan fingerprint density at radius 2 is 1.70 bits per heavy atom. The van der Waals surface area contributed by atoms with Crippen molar-refractivity contribution in [1.29, 1.82) is 0 Å². The van der Waals surface area contributed by atoms with Gasteiger partial charge >= 0.3 is 0 Å². The molecule has 0 radical (unpaired) electrons. The van der Waals surface area contributed by atoms with E-state index in [0.717, 1.165) is 18.2 Å². The lowest BCUT2D eigenvalue weighted by Gasteiger charge is -2.22. The Hall–Kier alpha value is -1.02. The predicted octanol–water partition coefficient (Wildman–Crippen LogP) is 4.95. The van der Waals surface area contributed by atoms with E-state index < -0.39 is 0 Å². The molecule has 1 rings (SSSR count). The molecule has 1 aromatic carbocycles. The molecule has 114 valence electrons. The van der Waals surface area contributed by atoms with Crippen molar-refractivity contribution in [2.45, 2.75) is 66.0 Å². The van der Waals surface area contributed by atoms with E-state index in [-0.39, 0.29) is 6.10 Å². The van der Waals surface area contributed by atoms with Crippen LogP contribution in [-0.2, 0) is 0 Å². The number of hydrogen-bond donors (Lipinski definition) is 1. The summed E-state index contributed by atoms with van der Waals surface area (Å²) in [6.07, 6.45) is 3.83. The van der Waals surface area contributed by atoms with Crippen LogP contribution in [0.4, 0.5) is 0 Å². The minimum absolute atomic E-state index is 0.231. The SMILES string of the molecule is CCCNC(CC(C)CC)c1ccc(OC(C)C)cc1. The summed E-state index contributed by atoms with van der Waals surface area (Å²) in [4.78, 5) is 0. The molecule has 0 aliphatic carbocycles. The molecule has 0 spiro atoms. The highest BCUT2D eigenvalue weighted by molar-refractivity contribution is 5.29. The summed E-state index contributed by atoms with van der Waals surface area (Å²) in [5.41, 5.74) is 1.37. The van der Waals surface area contributed by atoms with Crippen molar-refractivity contribution in [3.05, 3.63) is 29.8 Å². The molecule has 0 heterocycles.